The Morgan fingerprint density at radius 2 is 2.33 bits per heavy atom. The molecule has 0 aromatic heterocycles. The SMILES string of the molecule is [B]=C(C)OC(=O)CCS. The second-order valence-corrected chi connectivity index (χ2v) is 2.01. The zero-order valence-corrected chi connectivity index (χ0v) is 6.15. The minimum atomic E-state index is -0.329. The first kappa shape index (κ1) is 8.75. The maximum absolute atomic E-state index is 10.5. The van der Waals surface area contributed by atoms with Gasteiger partial charge in [-0.15, -0.1) is 0 Å². The molecule has 0 fully saturated rings. The van der Waals surface area contributed by atoms with Gasteiger partial charge in [-0.05, 0) is 0 Å². The molecule has 0 N–H and O–H groups in total. The van der Waals surface area contributed by atoms with Crippen LogP contribution in [0.1, 0.15) is 13.3 Å². The Hall–Kier alpha value is -0.245. The van der Waals surface area contributed by atoms with Crippen molar-refractivity contribution >= 4 is 31.7 Å². The molecule has 0 spiro atoms. The maximum atomic E-state index is 10.5. The molecule has 49 valence electrons. The van der Waals surface area contributed by atoms with Crippen molar-refractivity contribution in [3.05, 3.63) is 0 Å². The van der Waals surface area contributed by atoms with Gasteiger partial charge in [0.05, 0.1) is 0 Å². The van der Waals surface area contributed by atoms with Crippen LogP contribution in [0, 0.1) is 0 Å². The standard InChI is InChI=1S/C5H8BO2S/c1-4(6)8-5(7)2-3-9/h9H,2-3H2,1H3. The molecule has 0 amide bonds. The second-order valence-electron chi connectivity index (χ2n) is 1.56. The Kier molecular flexibility index (Phi) is 4.49. The molecule has 2 nitrogen and oxygen atoms in total. The number of thiol groups is 1. The van der Waals surface area contributed by atoms with E-state index in [9.17, 15) is 4.79 Å². The first-order chi connectivity index (χ1) is 4.16. The molecule has 0 aliphatic carbocycles. The molecule has 0 atom stereocenters. The van der Waals surface area contributed by atoms with Crippen molar-refractivity contribution in [1.82, 2.24) is 0 Å². The van der Waals surface area contributed by atoms with E-state index in [1.165, 1.54) is 6.92 Å². The van der Waals surface area contributed by atoms with Crippen molar-refractivity contribution in [3.8, 4) is 0 Å². The van der Waals surface area contributed by atoms with Gasteiger partial charge in [0, 0.05) is 0 Å². The molecule has 4 heteroatoms. The predicted octanol–water partition coefficient (Wildman–Crippen LogP) is 0.168. The molecule has 1 radical (unpaired) electrons. The van der Waals surface area contributed by atoms with Crippen molar-refractivity contribution in [1.29, 1.82) is 0 Å². The van der Waals surface area contributed by atoms with Crippen LogP contribution in [-0.2, 0) is 9.53 Å². The molecular formula is C5H8BO2S. The first-order valence-corrected chi connectivity index (χ1v) is 3.20. The normalized spacial score (nSPS) is 8.56. The van der Waals surface area contributed by atoms with Crippen LogP contribution in [0.5, 0.6) is 0 Å². The monoisotopic (exact) mass is 143 g/mol. The quantitative estimate of drug-likeness (QED) is 0.346. The van der Waals surface area contributed by atoms with E-state index in [-0.39, 0.29) is 11.6 Å². The average Bonchev–Trinajstić information content (AvgIpc) is 1.63. The van der Waals surface area contributed by atoms with E-state index >= 15 is 0 Å². The van der Waals surface area contributed by atoms with Crippen LogP contribution in [0.2, 0.25) is 0 Å². The van der Waals surface area contributed by atoms with Crippen LogP contribution in [0.15, 0.2) is 0 Å². The number of carbonyl (C=O) groups is 1. The van der Waals surface area contributed by atoms with Gasteiger partial charge in [0.1, 0.15) is 0 Å². The van der Waals surface area contributed by atoms with Gasteiger partial charge >= 0.3 is 60.4 Å². The Labute approximate surface area is 61.1 Å². The molecule has 9 heavy (non-hydrogen) atoms. The number of hydrogen-bond donors (Lipinski definition) is 1. The molecule has 0 saturated heterocycles. The molecule has 0 bridgehead atoms. The molecule has 0 aromatic carbocycles. The van der Waals surface area contributed by atoms with Crippen molar-refractivity contribution in [2.24, 2.45) is 0 Å². The number of esters is 1. The van der Waals surface area contributed by atoms with E-state index in [0.29, 0.717) is 12.2 Å². The summed E-state index contributed by atoms with van der Waals surface area (Å²) < 4.78 is 4.50. The van der Waals surface area contributed by atoms with E-state index < -0.39 is 0 Å². The van der Waals surface area contributed by atoms with Gasteiger partial charge < -0.3 is 0 Å². The number of rotatable bonds is 3. The summed E-state index contributed by atoms with van der Waals surface area (Å²) >= 11 is 3.83. The van der Waals surface area contributed by atoms with E-state index in [1.54, 1.807) is 0 Å². The molecule has 0 rings (SSSR count). The molecule has 0 unspecified atom stereocenters. The fourth-order valence-electron chi connectivity index (χ4n) is 0.322. The summed E-state index contributed by atoms with van der Waals surface area (Å²) in [4.78, 5) is 10.5. The summed E-state index contributed by atoms with van der Waals surface area (Å²) in [5, 5.41) is 0. The predicted molar refractivity (Wildman–Crippen MR) is 41.0 cm³/mol. The summed E-state index contributed by atoms with van der Waals surface area (Å²) in [5.74, 6) is 0.163. The zero-order chi connectivity index (χ0) is 7.28. The fraction of sp³-hybridized carbons (Fsp3) is 0.600. The molecule has 0 saturated carbocycles. The number of carbonyl (C=O) groups excluding carboxylic acids is 1. The zero-order valence-electron chi connectivity index (χ0n) is 5.26. The van der Waals surface area contributed by atoms with E-state index in [1.807, 2.05) is 0 Å². The van der Waals surface area contributed by atoms with E-state index in [2.05, 4.69) is 17.4 Å². The second kappa shape index (κ2) is 4.62. The van der Waals surface area contributed by atoms with Crippen molar-refractivity contribution in [3.63, 3.8) is 0 Å². The van der Waals surface area contributed by atoms with Gasteiger partial charge in [-0.25, -0.2) is 0 Å². The molecule has 0 heterocycles. The van der Waals surface area contributed by atoms with Crippen LogP contribution in [0.4, 0.5) is 0 Å². The topological polar surface area (TPSA) is 26.3 Å². The Balaban J connectivity index is 3.39. The van der Waals surface area contributed by atoms with Crippen molar-refractivity contribution < 1.29 is 9.53 Å². The molecular weight excluding hydrogens is 135 g/mol. The van der Waals surface area contributed by atoms with E-state index in [0.717, 1.165) is 0 Å². The Bertz CT molecular complexity index is 124. The van der Waals surface area contributed by atoms with Gasteiger partial charge in [0.25, 0.3) is 0 Å². The summed E-state index contributed by atoms with van der Waals surface area (Å²) in [5.41, 5.74) is 0.182. The van der Waals surface area contributed by atoms with Crippen LogP contribution in [0.25, 0.3) is 0 Å². The van der Waals surface area contributed by atoms with Gasteiger partial charge in [0.15, 0.2) is 0 Å². The Morgan fingerprint density at radius 1 is 1.78 bits per heavy atom. The number of ether oxygens (including phenoxy) is 1. The van der Waals surface area contributed by atoms with Crippen LogP contribution >= 0.6 is 12.6 Å². The molecule has 0 aliphatic heterocycles. The summed E-state index contributed by atoms with van der Waals surface area (Å²) in [6.45, 7) is 1.52. The third-order valence-electron chi connectivity index (χ3n) is 0.591. The number of hydrogen-bond acceptors (Lipinski definition) is 3. The van der Waals surface area contributed by atoms with Crippen molar-refractivity contribution in [2.45, 2.75) is 13.3 Å². The fourth-order valence-corrected chi connectivity index (χ4v) is 0.504. The molecule has 0 aliphatic rings. The molecule has 0 aromatic rings. The Morgan fingerprint density at radius 3 is 2.67 bits per heavy atom. The van der Waals surface area contributed by atoms with Gasteiger partial charge in [-0.3, -0.25) is 0 Å². The van der Waals surface area contributed by atoms with Gasteiger partial charge in [0.2, 0.25) is 0 Å². The van der Waals surface area contributed by atoms with Crippen LogP contribution in [0.3, 0.4) is 0 Å². The van der Waals surface area contributed by atoms with E-state index in [4.69, 9.17) is 7.49 Å². The summed E-state index contributed by atoms with van der Waals surface area (Å²) in [6.07, 6.45) is 0.303. The third kappa shape index (κ3) is 5.63. The van der Waals surface area contributed by atoms with Crippen molar-refractivity contribution in [2.75, 3.05) is 5.75 Å². The summed E-state index contributed by atoms with van der Waals surface area (Å²) in [7, 11) is 5.07. The van der Waals surface area contributed by atoms with Gasteiger partial charge in [-0.2, -0.15) is 0 Å². The minimum absolute atomic E-state index is 0.182. The average molecular weight is 143 g/mol. The third-order valence-corrected chi connectivity index (χ3v) is 0.814. The van der Waals surface area contributed by atoms with Gasteiger partial charge in [-0.1, -0.05) is 0 Å². The van der Waals surface area contributed by atoms with Crippen LogP contribution < -0.4 is 0 Å². The summed E-state index contributed by atoms with van der Waals surface area (Å²) in [6, 6.07) is 0. The first-order valence-electron chi connectivity index (χ1n) is 2.57. The van der Waals surface area contributed by atoms with Crippen LogP contribution in [-0.4, -0.2) is 24.9 Å².